The minimum Gasteiger partial charge on any atom is -0.315 e. The van der Waals surface area contributed by atoms with Crippen LogP contribution >= 0.6 is 11.6 Å². The molecular weight excluding hydrogens is 344 g/mol. The third kappa shape index (κ3) is 2.24. The molecule has 0 aliphatic carbocycles. The average molecular weight is 361 g/mol. The summed E-state index contributed by atoms with van der Waals surface area (Å²) in [5, 5.41) is 0.634. The van der Waals surface area contributed by atoms with Crippen LogP contribution < -0.4 is 4.90 Å². The van der Waals surface area contributed by atoms with Crippen molar-refractivity contribution in [3.8, 4) is 0 Å². The van der Waals surface area contributed by atoms with Gasteiger partial charge in [-0.15, -0.1) is 0 Å². The van der Waals surface area contributed by atoms with Crippen LogP contribution in [0.1, 0.15) is 27.7 Å². The molecule has 0 radical (unpaired) electrons. The van der Waals surface area contributed by atoms with E-state index in [1.165, 1.54) is 11.1 Å². The van der Waals surface area contributed by atoms with Crippen LogP contribution in [0.3, 0.4) is 0 Å². The lowest BCUT2D eigenvalue weighted by atomic mass is 9.91. The number of benzene rings is 3. The molecule has 3 aromatic rings. The maximum absolute atomic E-state index is 13.2. The normalized spacial score (nSPS) is 18.2. The number of carbonyl (C=O) groups excluding carboxylic acids is 1. The number of amides is 1. The van der Waals surface area contributed by atoms with Crippen molar-refractivity contribution < 1.29 is 4.79 Å². The van der Waals surface area contributed by atoms with Gasteiger partial charge < -0.3 is 9.80 Å². The zero-order chi connectivity index (χ0) is 17.7. The zero-order valence-corrected chi connectivity index (χ0v) is 14.9. The van der Waals surface area contributed by atoms with E-state index in [4.69, 9.17) is 11.6 Å². The Hall–Kier alpha value is -2.78. The molecule has 1 amide bonds. The number of para-hydroxylation sites is 1. The molecule has 2 aliphatic heterocycles. The van der Waals surface area contributed by atoms with Crippen molar-refractivity contribution in [2.45, 2.75) is 12.6 Å². The van der Waals surface area contributed by atoms with E-state index in [0.717, 1.165) is 17.8 Å². The lowest BCUT2D eigenvalue weighted by molar-refractivity contribution is 0.0645. The van der Waals surface area contributed by atoms with E-state index in [0.29, 0.717) is 17.1 Å². The molecule has 0 saturated heterocycles. The van der Waals surface area contributed by atoms with Crippen molar-refractivity contribution >= 4 is 28.9 Å². The van der Waals surface area contributed by atoms with Gasteiger partial charge in [-0.05, 0) is 47.9 Å². The predicted molar refractivity (Wildman–Crippen MR) is 104 cm³/mol. The average Bonchev–Trinajstić information content (AvgIpc) is 2.68. The van der Waals surface area contributed by atoms with Gasteiger partial charge in [-0.1, -0.05) is 54.1 Å². The highest BCUT2D eigenvalue weighted by Crippen LogP contribution is 2.46. The SMILES string of the molecule is O=C1c2ccc(Cl)cc2N(c2ccccc2)[C@@H]2c3ccccc3CCN12. The van der Waals surface area contributed by atoms with Crippen molar-refractivity contribution in [1.82, 2.24) is 4.90 Å². The van der Waals surface area contributed by atoms with Gasteiger partial charge in [0.2, 0.25) is 0 Å². The first-order chi connectivity index (χ1) is 12.7. The first kappa shape index (κ1) is 15.5. The summed E-state index contributed by atoms with van der Waals surface area (Å²) in [6.45, 7) is 0.714. The van der Waals surface area contributed by atoms with Crippen molar-refractivity contribution in [2.24, 2.45) is 0 Å². The van der Waals surface area contributed by atoms with E-state index in [-0.39, 0.29) is 12.1 Å². The summed E-state index contributed by atoms with van der Waals surface area (Å²) in [7, 11) is 0. The molecule has 0 spiro atoms. The molecule has 0 bridgehead atoms. The third-order valence-corrected chi connectivity index (χ3v) is 5.48. The maximum Gasteiger partial charge on any atom is 0.257 e. The largest absolute Gasteiger partial charge is 0.315 e. The number of nitrogens with zero attached hydrogens (tertiary/aromatic N) is 2. The summed E-state index contributed by atoms with van der Waals surface area (Å²) in [5.41, 5.74) is 5.10. The Morgan fingerprint density at radius 2 is 1.69 bits per heavy atom. The number of hydrogen-bond donors (Lipinski definition) is 0. The van der Waals surface area contributed by atoms with Crippen LogP contribution in [-0.2, 0) is 6.42 Å². The van der Waals surface area contributed by atoms with E-state index >= 15 is 0 Å². The van der Waals surface area contributed by atoms with Gasteiger partial charge in [-0.2, -0.15) is 0 Å². The van der Waals surface area contributed by atoms with E-state index < -0.39 is 0 Å². The van der Waals surface area contributed by atoms with Gasteiger partial charge in [0.25, 0.3) is 5.91 Å². The first-order valence-corrected chi connectivity index (χ1v) is 9.14. The van der Waals surface area contributed by atoms with Crippen LogP contribution in [0.2, 0.25) is 5.02 Å². The summed E-state index contributed by atoms with van der Waals surface area (Å²) in [4.78, 5) is 17.4. The molecule has 2 heterocycles. The zero-order valence-electron chi connectivity index (χ0n) is 14.1. The Kier molecular flexibility index (Phi) is 3.50. The molecule has 0 fully saturated rings. The first-order valence-electron chi connectivity index (χ1n) is 8.76. The number of halogens is 1. The molecule has 5 rings (SSSR count). The van der Waals surface area contributed by atoms with Crippen molar-refractivity contribution in [1.29, 1.82) is 0 Å². The molecule has 3 aromatic carbocycles. The van der Waals surface area contributed by atoms with E-state index in [9.17, 15) is 4.79 Å². The number of carbonyl (C=O) groups is 1. The number of hydrogen-bond acceptors (Lipinski definition) is 2. The number of fused-ring (bicyclic) bond motifs is 4. The fourth-order valence-electron chi connectivity index (χ4n) is 4.08. The summed E-state index contributed by atoms with van der Waals surface area (Å²) in [5.74, 6) is 0.0725. The monoisotopic (exact) mass is 360 g/mol. The second-order valence-electron chi connectivity index (χ2n) is 6.69. The van der Waals surface area contributed by atoms with Crippen LogP contribution in [0.15, 0.2) is 72.8 Å². The van der Waals surface area contributed by atoms with Gasteiger partial charge in [-0.3, -0.25) is 4.79 Å². The minimum atomic E-state index is -0.152. The number of anilines is 2. The minimum absolute atomic E-state index is 0.0725. The van der Waals surface area contributed by atoms with Gasteiger partial charge in [0.15, 0.2) is 0 Å². The van der Waals surface area contributed by atoms with Crippen LogP contribution in [0, 0.1) is 0 Å². The van der Waals surface area contributed by atoms with Gasteiger partial charge in [0, 0.05) is 17.3 Å². The highest BCUT2D eigenvalue weighted by molar-refractivity contribution is 6.31. The standard InChI is InChI=1S/C22H17ClN2O/c23-16-10-11-19-20(14-16)25(17-7-2-1-3-8-17)21-18-9-5-4-6-15(18)12-13-24(21)22(19)26/h1-11,14,21H,12-13H2/t21-/m1/s1. The molecule has 0 aromatic heterocycles. The highest BCUT2D eigenvalue weighted by atomic mass is 35.5. The topological polar surface area (TPSA) is 23.6 Å². The molecule has 3 nitrogen and oxygen atoms in total. The van der Waals surface area contributed by atoms with Crippen molar-refractivity contribution in [3.05, 3.63) is 94.5 Å². The van der Waals surface area contributed by atoms with E-state index in [2.05, 4.69) is 35.2 Å². The fourth-order valence-corrected chi connectivity index (χ4v) is 4.24. The van der Waals surface area contributed by atoms with Gasteiger partial charge in [0.1, 0.15) is 6.17 Å². The van der Waals surface area contributed by atoms with Crippen LogP contribution in [0.4, 0.5) is 11.4 Å². The molecule has 26 heavy (non-hydrogen) atoms. The Morgan fingerprint density at radius 1 is 0.923 bits per heavy atom. The molecule has 4 heteroatoms. The summed E-state index contributed by atoms with van der Waals surface area (Å²) < 4.78 is 0. The number of rotatable bonds is 1. The van der Waals surface area contributed by atoms with Gasteiger partial charge in [0.05, 0.1) is 11.3 Å². The van der Waals surface area contributed by atoms with Crippen LogP contribution in [0.5, 0.6) is 0 Å². The Bertz CT molecular complexity index is 1000. The van der Waals surface area contributed by atoms with E-state index in [1.807, 2.05) is 41.3 Å². The van der Waals surface area contributed by atoms with Gasteiger partial charge >= 0.3 is 0 Å². The highest BCUT2D eigenvalue weighted by Gasteiger charge is 2.41. The summed E-state index contributed by atoms with van der Waals surface area (Å²) >= 11 is 6.30. The van der Waals surface area contributed by atoms with E-state index in [1.54, 1.807) is 6.07 Å². The molecule has 0 saturated carbocycles. The molecule has 0 unspecified atom stereocenters. The second-order valence-corrected chi connectivity index (χ2v) is 7.12. The lowest BCUT2D eigenvalue weighted by Gasteiger charge is -2.48. The maximum atomic E-state index is 13.2. The Labute approximate surface area is 157 Å². The smallest absolute Gasteiger partial charge is 0.257 e. The second kappa shape index (κ2) is 5.89. The van der Waals surface area contributed by atoms with Crippen molar-refractivity contribution in [2.75, 3.05) is 11.4 Å². The lowest BCUT2D eigenvalue weighted by Crippen LogP contribution is -2.50. The molecule has 1 atom stereocenters. The third-order valence-electron chi connectivity index (χ3n) is 5.24. The quantitative estimate of drug-likeness (QED) is 0.596. The van der Waals surface area contributed by atoms with Crippen LogP contribution in [0.25, 0.3) is 0 Å². The van der Waals surface area contributed by atoms with Crippen LogP contribution in [-0.4, -0.2) is 17.4 Å². The molecule has 0 N–H and O–H groups in total. The Balaban J connectivity index is 1.79. The van der Waals surface area contributed by atoms with Gasteiger partial charge in [-0.25, -0.2) is 0 Å². The van der Waals surface area contributed by atoms with Crippen molar-refractivity contribution in [3.63, 3.8) is 0 Å². The molecule has 128 valence electrons. The Morgan fingerprint density at radius 3 is 2.54 bits per heavy atom. The molecular formula is C22H17ClN2O. The summed E-state index contributed by atoms with van der Waals surface area (Å²) in [6, 6.07) is 24.1. The summed E-state index contributed by atoms with van der Waals surface area (Å²) in [6.07, 6.45) is 0.727. The predicted octanol–water partition coefficient (Wildman–Crippen LogP) is 5.19. The molecule has 2 aliphatic rings. The fraction of sp³-hybridized carbons (Fsp3) is 0.136.